The second kappa shape index (κ2) is 7.94. The zero-order valence-corrected chi connectivity index (χ0v) is 25.9. The monoisotopic (exact) mass is 552 g/mol. The zero-order valence-electron chi connectivity index (χ0n) is 25.9. The molecule has 0 heteroatoms. The lowest BCUT2D eigenvalue weighted by molar-refractivity contribution is 0.659. The van der Waals surface area contributed by atoms with E-state index >= 15 is 0 Å². The lowest BCUT2D eigenvalue weighted by Crippen LogP contribution is -2.15. The molecule has 6 aromatic carbocycles. The van der Waals surface area contributed by atoms with Crippen LogP contribution in [0.3, 0.4) is 0 Å². The van der Waals surface area contributed by atoms with Gasteiger partial charge in [-0.05, 0) is 101 Å². The van der Waals surface area contributed by atoms with E-state index in [1.165, 1.54) is 88.7 Å². The third-order valence-electron chi connectivity index (χ3n) is 11.3. The van der Waals surface area contributed by atoms with E-state index in [2.05, 4.69) is 151 Å². The lowest BCUT2D eigenvalue weighted by atomic mass is 9.80. The van der Waals surface area contributed by atoms with Crippen LogP contribution in [0.2, 0.25) is 0 Å². The Labute approximate surface area is 255 Å². The van der Waals surface area contributed by atoms with Crippen molar-refractivity contribution in [2.75, 3.05) is 0 Å². The molecular formula is C43H36. The standard InChI is InChI=1S/C43H36/c1-41(2)34-14-10-8-12-31(34)39-29-20-22-36-40(30(29)19-21-35(39)41)32-18-16-26(24-38(32)43(36,5)6)25-15-17-28-27-11-7-9-13-33(27)42(3,4)37(28)23-25/h7-24H,1-6H3. The number of hydrogen-bond acceptors (Lipinski definition) is 0. The molecule has 0 saturated carbocycles. The highest BCUT2D eigenvalue weighted by Crippen LogP contribution is 2.57. The minimum atomic E-state index is -0.0721. The second-order valence-electron chi connectivity index (χ2n) is 14.6. The Morgan fingerprint density at radius 3 is 1.33 bits per heavy atom. The number of rotatable bonds is 1. The van der Waals surface area contributed by atoms with E-state index in [0.29, 0.717) is 0 Å². The van der Waals surface area contributed by atoms with Crippen molar-refractivity contribution in [3.63, 3.8) is 0 Å². The Hall–Kier alpha value is -4.42. The van der Waals surface area contributed by atoms with Crippen LogP contribution in [0.5, 0.6) is 0 Å². The predicted octanol–water partition coefficient (Wildman–Crippen LogP) is 11.4. The van der Waals surface area contributed by atoms with Gasteiger partial charge in [-0.1, -0.05) is 139 Å². The molecular weight excluding hydrogens is 516 g/mol. The molecule has 3 aliphatic rings. The minimum Gasteiger partial charge on any atom is -0.0619 e. The van der Waals surface area contributed by atoms with Gasteiger partial charge >= 0.3 is 0 Å². The van der Waals surface area contributed by atoms with Crippen molar-refractivity contribution >= 4 is 10.8 Å². The normalized spacial score (nSPS) is 17.2. The molecule has 0 saturated heterocycles. The van der Waals surface area contributed by atoms with Crippen molar-refractivity contribution < 1.29 is 0 Å². The van der Waals surface area contributed by atoms with Crippen LogP contribution in [0, 0.1) is 0 Å². The molecule has 43 heavy (non-hydrogen) atoms. The fraction of sp³-hybridized carbons (Fsp3) is 0.209. The molecule has 0 radical (unpaired) electrons. The van der Waals surface area contributed by atoms with Crippen LogP contribution in [0.4, 0.5) is 0 Å². The van der Waals surface area contributed by atoms with Gasteiger partial charge in [-0.2, -0.15) is 0 Å². The summed E-state index contributed by atoms with van der Waals surface area (Å²) in [5.74, 6) is 0. The van der Waals surface area contributed by atoms with Crippen molar-refractivity contribution in [3.05, 3.63) is 143 Å². The maximum absolute atomic E-state index is 2.48. The molecule has 0 amide bonds. The Morgan fingerprint density at radius 1 is 0.326 bits per heavy atom. The summed E-state index contributed by atoms with van der Waals surface area (Å²) in [6.07, 6.45) is 0. The first-order chi connectivity index (χ1) is 20.6. The third kappa shape index (κ3) is 3.02. The van der Waals surface area contributed by atoms with Crippen LogP contribution in [-0.4, -0.2) is 0 Å². The van der Waals surface area contributed by atoms with Crippen LogP contribution in [-0.2, 0) is 16.2 Å². The van der Waals surface area contributed by atoms with Gasteiger partial charge in [-0.3, -0.25) is 0 Å². The Kier molecular flexibility index (Phi) is 4.64. The number of benzene rings is 6. The highest BCUT2D eigenvalue weighted by atomic mass is 14.4. The molecule has 6 aromatic rings. The van der Waals surface area contributed by atoms with Crippen LogP contribution in [0.25, 0.3) is 55.3 Å². The first-order valence-electron chi connectivity index (χ1n) is 15.7. The van der Waals surface area contributed by atoms with Crippen molar-refractivity contribution in [1.82, 2.24) is 0 Å². The molecule has 0 spiro atoms. The van der Waals surface area contributed by atoms with Gasteiger partial charge in [0.25, 0.3) is 0 Å². The van der Waals surface area contributed by atoms with Gasteiger partial charge in [0, 0.05) is 16.2 Å². The van der Waals surface area contributed by atoms with E-state index in [-0.39, 0.29) is 16.2 Å². The average Bonchev–Trinajstić information content (AvgIpc) is 3.50. The van der Waals surface area contributed by atoms with Gasteiger partial charge in [-0.25, -0.2) is 0 Å². The predicted molar refractivity (Wildman–Crippen MR) is 182 cm³/mol. The zero-order chi connectivity index (χ0) is 29.5. The van der Waals surface area contributed by atoms with Gasteiger partial charge in [0.05, 0.1) is 0 Å². The summed E-state index contributed by atoms with van der Waals surface area (Å²) in [6, 6.07) is 41.9. The fourth-order valence-electron chi connectivity index (χ4n) is 8.91. The first kappa shape index (κ1) is 25.1. The van der Waals surface area contributed by atoms with Crippen LogP contribution >= 0.6 is 0 Å². The maximum atomic E-state index is 2.48. The van der Waals surface area contributed by atoms with E-state index in [1.54, 1.807) is 0 Å². The largest absolute Gasteiger partial charge is 0.0619 e. The van der Waals surface area contributed by atoms with Crippen LogP contribution in [0.1, 0.15) is 74.9 Å². The third-order valence-corrected chi connectivity index (χ3v) is 11.3. The molecule has 0 unspecified atom stereocenters. The summed E-state index contributed by atoms with van der Waals surface area (Å²) in [6.45, 7) is 14.3. The SMILES string of the molecule is CC1(C)c2ccccc2-c2ccc(-c3ccc4c(c3)C(C)(C)c3ccc5c6c(ccc5c3-4)C(C)(C)c3ccccc3-6)cc21. The molecule has 0 aromatic heterocycles. The van der Waals surface area contributed by atoms with E-state index in [0.717, 1.165) is 0 Å². The minimum absolute atomic E-state index is 0.000526. The van der Waals surface area contributed by atoms with E-state index in [4.69, 9.17) is 0 Å². The number of hydrogen-bond donors (Lipinski definition) is 0. The Balaban J connectivity index is 1.22. The Bertz CT molecular complexity index is 2200. The maximum Gasteiger partial charge on any atom is 0.0159 e. The van der Waals surface area contributed by atoms with Gasteiger partial charge in [-0.15, -0.1) is 0 Å². The molecule has 9 rings (SSSR count). The van der Waals surface area contributed by atoms with Gasteiger partial charge in [0.15, 0.2) is 0 Å². The lowest BCUT2D eigenvalue weighted by Gasteiger charge is -2.23. The molecule has 0 nitrogen and oxygen atoms in total. The quantitative estimate of drug-likeness (QED) is 0.190. The fourth-order valence-corrected chi connectivity index (χ4v) is 8.91. The summed E-state index contributed by atoms with van der Waals surface area (Å²) in [5.41, 5.74) is 19.5. The molecule has 208 valence electrons. The van der Waals surface area contributed by atoms with E-state index in [1.807, 2.05) is 0 Å². The van der Waals surface area contributed by atoms with Gasteiger partial charge in [0.1, 0.15) is 0 Å². The first-order valence-corrected chi connectivity index (χ1v) is 15.7. The molecule has 0 atom stereocenters. The second-order valence-corrected chi connectivity index (χ2v) is 14.6. The molecule has 0 N–H and O–H groups in total. The van der Waals surface area contributed by atoms with Gasteiger partial charge in [0.2, 0.25) is 0 Å². The van der Waals surface area contributed by atoms with E-state index < -0.39 is 0 Å². The molecule has 0 bridgehead atoms. The summed E-state index contributed by atoms with van der Waals surface area (Å²) in [7, 11) is 0. The number of fused-ring (bicyclic) bond motifs is 12. The van der Waals surface area contributed by atoms with E-state index in [9.17, 15) is 0 Å². The highest BCUT2D eigenvalue weighted by molar-refractivity contribution is 6.10. The summed E-state index contributed by atoms with van der Waals surface area (Å²) < 4.78 is 0. The molecule has 0 fully saturated rings. The van der Waals surface area contributed by atoms with Crippen molar-refractivity contribution in [1.29, 1.82) is 0 Å². The Morgan fingerprint density at radius 2 is 0.721 bits per heavy atom. The van der Waals surface area contributed by atoms with Crippen LogP contribution in [0.15, 0.2) is 109 Å². The smallest absolute Gasteiger partial charge is 0.0159 e. The summed E-state index contributed by atoms with van der Waals surface area (Å²) >= 11 is 0. The summed E-state index contributed by atoms with van der Waals surface area (Å²) in [5, 5.41) is 2.75. The summed E-state index contributed by atoms with van der Waals surface area (Å²) in [4.78, 5) is 0. The van der Waals surface area contributed by atoms with Gasteiger partial charge < -0.3 is 0 Å². The van der Waals surface area contributed by atoms with Crippen molar-refractivity contribution in [2.24, 2.45) is 0 Å². The topological polar surface area (TPSA) is 0 Å². The molecule has 0 aliphatic heterocycles. The van der Waals surface area contributed by atoms with Crippen molar-refractivity contribution in [2.45, 2.75) is 57.8 Å². The van der Waals surface area contributed by atoms with Crippen LogP contribution < -0.4 is 0 Å². The molecule has 3 aliphatic carbocycles. The average molecular weight is 553 g/mol. The highest BCUT2D eigenvalue weighted by Gasteiger charge is 2.40. The molecule has 0 heterocycles. The van der Waals surface area contributed by atoms with Crippen molar-refractivity contribution in [3.8, 4) is 44.5 Å².